The zero-order valence-corrected chi connectivity index (χ0v) is 11.6. The number of benzene rings is 1. The molecule has 5 nitrogen and oxygen atoms in total. The maximum absolute atomic E-state index is 13.1. The van der Waals surface area contributed by atoms with Crippen molar-refractivity contribution >= 4 is 11.6 Å². The summed E-state index contributed by atoms with van der Waals surface area (Å²) < 4.78 is 14.8. The van der Waals surface area contributed by atoms with Crippen molar-refractivity contribution in [2.75, 3.05) is 5.32 Å². The lowest BCUT2D eigenvalue weighted by Crippen LogP contribution is -2.11. The van der Waals surface area contributed by atoms with Gasteiger partial charge in [0.1, 0.15) is 5.82 Å². The number of hydrogen-bond acceptors (Lipinski definition) is 3. The van der Waals surface area contributed by atoms with Crippen LogP contribution in [0, 0.1) is 5.82 Å². The summed E-state index contributed by atoms with van der Waals surface area (Å²) in [5.74, 6) is -0.534. The Morgan fingerprint density at radius 1 is 1.23 bits per heavy atom. The van der Waals surface area contributed by atoms with E-state index in [2.05, 4.69) is 15.4 Å². The van der Waals surface area contributed by atoms with Crippen molar-refractivity contribution in [3.05, 3.63) is 78.1 Å². The molecular weight excluding hydrogens is 283 g/mol. The summed E-state index contributed by atoms with van der Waals surface area (Å²) in [7, 11) is 0. The molecule has 2 aromatic heterocycles. The number of nitrogens with zero attached hydrogens (tertiary/aromatic N) is 3. The smallest absolute Gasteiger partial charge is 0.257 e. The van der Waals surface area contributed by atoms with Gasteiger partial charge in [0.2, 0.25) is 0 Å². The van der Waals surface area contributed by atoms with Crippen molar-refractivity contribution in [1.82, 2.24) is 14.8 Å². The molecule has 0 bridgehead atoms. The third-order valence-corrected chi connectivity index (χ3v) is 3.05. The molecule has 1 amide bonds. The zero-order chi connectivity index (χ0) is 15.4. The van der Waals surface area contributed by atoms with Gasteiger partial charge in [-0.1, -0.05) is 12.1 Å². The molecule has 3 aromatic rings. The minimum Gasteiger partial charge on any atom is -0.319 e. The van der Waals surface area contributed by atoms with E-state index in [9.17, 15) is 9.18 Å². The number of rotatable bonds is 4. The minimum atomic E-state index is -0.283. The van der Waals surface area contributed by atoms with Gasteiger partial charge in [-0.2, -0.15) is 5.10 Å². The molecule has 0 unspecified atom stereocenters. The van der Waals surface area contributed by atoms with Crippen LogP contribution in [0.15, 0.2) is 61.2 Å². The summed E-state index contributed by atoms with van der Waals surface area (Å²) in [4.78, 5) is 15.9. The average Bonchev–Trinajstić information content (AvgIpc) is 2.95. The van der Waals surface area contributed by atoms with E-state index in [1.54, 1.807) is 41.5 Å². The Morgan fingerprint density at radius 2 is 2.14 bits per heavy atom. The molecule has 0 atom stereocenters. The van der Waals surface area contributed by atoms with E-state index in [1.807, 2.05) is 6.07 Å². The summed E-state index contributed by atoms with van der Waals surface area (Å²) in [6.07, 6.45) is 6.34. The van der Waals surface area contributed by atoms with Crippen LogP contribution in [0.1, 0.15) is 15.9 Å². The summed E-state index contributed by atoms with van der Waals surface area (Å²) in [6.45, 7) is 0.431. The number of hydrogen-bond donors (Lipinski definition) is 1. The molecule has 0 aliphatic rings. The second kappa shape index (κ2) is 6.17. The number of amides is 1. The quantitative estimate of drug-likeness (QED) is 0.805. The Morgan fingerprint density at radius 3 is 2.91 bits per heavy atom. The Balaban J connectivity index is 1.68. The van der Waals surface area contributed by atoms with Gasteiger partial charge < -0.3 is 5.32 Å². The van der Waals surface area contributed by atoms with Crippen LogP contribution < -0.4 is 5.32 Å². The van der Waals surface area contributed by atoms with Gasteiger partial charge in [-0.15, -0.1) is 0 Å². The topological polar surface area (TPSA) is 59.8 Å². The number of halogens is 1. The van der Waals surface area contributed by atoms with Crippen molar-refractivity contribution in [3.63, 3.8) is 0 Å². The van der Waals surface area contributed by atoms with Crippen LogP contribution in [0.4, 0.5) is 10.1 Å². The molecule has 22 heavy (non-hydrogen) atoms. The molecule has 0 aliphatic heterocycles. The number of carbonyl (C=O) groups is 1. The first-order valence-electron chi connectivity index (χ1n) is 6.69. The molecule has 0 saturated carbocycles. The van der Waals surface area contributed by atoms with Crippen LogP contribution in [0.5, 0.6) is 0 Å². The third kappa shape index (κ3) is 3.35. The van der Waals surface area contributed by atoms with Gasteiger partial charge >= 0.3 is 0 Å². The number of aromatic nitrogens is 3. The fourth-order valence-electron chi connectivity index (χ4n) is 2.04. The number of carbonyl (C=O) groups excluding carboxylic acids is 1. The standard InChI is InChI=1S/C16H13FN4O/c17-14-5-1-3-12(7-14)10-21-11-15(9-19-21)20-16(22)13-4-2-6-18-8-13/h1-9,11H,10H2,(H,20,22). The normalized spacial score (nSPS) is 10.4. The lowest BCUT2D eigenvalue weighted by Gasteiger charge is -2.02. The van der Waals surface area contributed by atoms with Gasteiger partial charge in [0.15, 0.2) is 0 Å². The maximum Gasteiger partial charge on any atom is 0.257 e. The van der Waals surface area contributed by atoms with Crippen LogP contribution in [0.2, 0.25) is 0 Å². The average molecular weight is 296 g/mol. The molecule has 6 heteroatoms. The van der Waals surface area contributed by atoms with Crippen molar-refractivity contribution in [2.24, 2.45) is 0 Å². The Bertz CT molecular complexity index is 786. The highest BCUT2D eigenvalue weighted by Gasteiger charge is 2.07. The summed E-state index contributed by atoms with van der Waals surface area (Å²) in [5, 5.41) is 6.89. The fourth-order valence-corrected chi connectivity index (χ4v) is 2.04. The number of nitrogens with one attached hydrogen (secondary N) is 1. The molecular formula is C16H13FN4O. The molecule has 1 aromatic carbocycles. The first-order chi connectivity index (χ1) is 10.7. The van der Waals surface area contributed by atoms with Gasteiger partial charge in [0.05, 0.1) is 24.0 Å². The third-order valence-electron chi connectivity index (χ3n) is 3.05. The second-order valence-corrected chi connectivity index (χ2v) is 4.75. The highest BCUT2D eigenvalue weighted by molar-refractivity contribution is 6.03. The first kappa shape index (κ1) is 13.9. The monoisotopic (exact) mass is 296 g/mol. The van der Waals surface area contributed by atoms with E-state index >= 15 is 0 Å². The van der Waals surface area contributed by atoms with E-state index in [0.717, 1.165) is 5.56 Å². The van der Waals surface area contributed by atoms with E-state index in [0.29, 0.717) is 17.8 Å². The van der Waals surface area contributed by atoms with Crippen LogP contribution in [0.3, 0.4) is 0 Å². The predicted octanol–water partition coefficient (Wildman–Crippen LogP) is 2.72. The van der Waals surface area contributed by atoms with E-state index in [-0.39, 0.29) is 11.7 Å². The van der Waals surface area contributed by atoms with E-state index < -0.39 is 0 Å². The van der Waals surface area contributed by atoms with Crippen LogP contribution in [0.25, 0.3) is 0 Å². The van der Waals surface area contributed by atoms with Crippen molar-refractivity contribution in [2.45, 2.75) is 6.54 Å². The number of anilines is 1. The minimum absolute atomic E-state index is 0.251. The van der Waals surface area contributed by atoms with Gasteiger partial charge in [-0.25, -0.2) is 4.39 Å². The lowest BCUT2D eigenvalue weighted by molar-refractivity contribution is 0.102. The molecule has 1 N–H and O–H groups in total. The molecule has 0 fully saturated rings. The molecule has 0 aliphatic carbocycles. The summed E-state index contributed by atoms with van der Waals surface area (Å²) >= 11 is 0. The van der Waals surface area contributed by atoms with Crippen LogP contribution in [-0.2, 0) is 6.54 Å². The fraction of sp³-hybridized carbons (Fsp3) is 0.0625. The van der Waals surface area contributed by atoms with E-state index in [1.165, 1.54) is 18.3 Å². The van der Waals surface area contributed by atoms with Gasteiger partial charge in [0, 0.05) is 18.6 Å². The van der Waals surface area contributed by atoms with Gasteiger partial charge in [0.25, 0.3) is 5.91 Å². The zero-order valence-electron chi connectivity index (χ0n) is 11.6. The number of pyridine rings is 1. The van der Waals surface area contributed by atoms with Crippen molar-refractivity contribution < 1.29 is 9.18 Å². The molecule has 110 valence electrons. The highest BCUT2D eigenvalue weighted by atomic mass is 19.1. The van der Waals surface area contributed by atoms with Gasteiger partial charge in [-0.3, -0.25) is 14.5 Å². The highest BCUT2D eigenvalue weighted by Crippen LogP contribution is 2.10. The molecule has 0 radical (unpaired) electrons. The Labute approximate surface area is 126 Å². The molecule has 0 saturated heterocycles. The van der Waals surface area contributed by atoms with Crippen molar-refractivity contribution in [1.29, 1.82) is 0 Å². The maximum atomic E-state index is 13.1. The first-order valence-corrected chi connectivity index (χ1v) is 6.69. The SMILES string of the molecule is O=C(Nc1cnn(Cc2cccc(F)c2)c1)c1cccnc1. The molecule has 3 rings (SSSR count). The van der Waals surface area contributed by atoms with E-state index in [4.69, 9.17) is 0 Å². The largest absolute Gasteiger partial charge is 0.319 e. The van der Waals surface area contributed by atoms with Crippen LogP contribution in [-0.4, -0.2) is 20.7 Å². The Hall–Kier alpha value is -3.02. The van der Waals surface area contributed by atoms with Crippen molar-refractivity contribution in [3.8, 4) is 0 Å². The lowest BCUT2D eigenvalue weighted by atomic mass is 10.2. The van der Waals surface area contributed by atoms with Gasteiger partial charge in [-0.05, 0) is 29.8 Å². The molecule has 2 heterocycles. The second-order valence-electron chi connectivity index (χ2n) is 4.75. The van der Waals surface area contributed by atoms with Crippen LogP contribution >= 0.6 is 0 Å². The summed E-state index contributed by atoms with van der Waals surface area (Å²) in [6, 6.07) is 9.70. The predicted molar refractivity (Wildman–Crippen MR) is 79.9 cm³/mol. The Kier molecular flexibility index (Phi) is 3.91. The molecule has 0 spiro atoms. The summed E-state index contributed by atoms with van der Waals surface area (Å²) in [5.41, 5.74) is 1.85.